The van der Waals surface area contributed by atoms with Crippen molar-refractivity contribution in [3.05, 3.63) is 97.1 Å². The number of hydrogen-bond donors (Lipinski definition) is 2. The average Bonchev–Trinajstić information content (AvgIpc) is 3.35. The Balaban J connectivity index is 1.53. The van der Waals surface area contributed by atoms with Gasteiger partial charge in [-0.25, -0.2) is 4.79 Å². The topological polar surface area (TPSA) is 139 Å². The van der Waals surface area contributed by atoms with Crippen LogP contribution in [-0.4, -0.2) is 31.9 Å². The first-order valence-corrected chi connectivity index (χ1v) is 14.2. The predicted octanol–water partition coefficient (Wildman–Crippen LogP) is 6.61. The largest absolute Gasteiger partial charge is 0.442 e. The van der Waals surface area contributed by atoms with Crippen molar-refractivity contribution in [1.29, 1.82) is 5.26 Å². The van der Waals surface area contributed by atoms with E-state index in [0.717, 1.165) is 11.1 Å². The van der Waals surface area contributed by atoms with Crippen LogP contribution in [0.3, 0.4) is 0 Å². The SMILES string of the molecule is CCCC(C)(C)OC(=O)n1[nH]c(=O)cc1-c1ccc(NC(=O)C(C)n2cc(Cl)c(-c3cc(Cl)ccc3C#N)cc2=O)cc1. The molecule has 0 saturated heterocycles. The van der Waals surface area contributed by atoms with Crippen molar-refractivity contribution in [3.63, 3.8) is 0 Å². The van der Waals surface area contributed by atoms with Gasteiger partial charge >= 0.3 is 6.09 Å². The number of aromatic nitrogens is 3. The Kier molecular flexibility index (Phi) is 9.28. The van der Waals surface area contributed by atoms with Crippen LogP contribution in [0.25, 0.3) is 22.4 Å². The molecular formula is C31H29Cl2N5O5. The van der Waals surface area contributed by atoms with Crippen molar-refractivity contribution in [3.8, 4) is 28.5 Å². The molecule has 0 aliphatic rings. The summed E-state index contributed by atoms with van der Waals surface area (Å²) in [6.07, 6.45) is 2.11. The van der Waals surface area contributed by atoms with E-state index in [1.807, 2.05) is 6.92 Å². The highest BCUT2D eigenvalue weighted by Crippen LogP contribution is 2.32. The van der Waals surface area contributed by atoms with Crippen LogP contribution < -0.4 is 16.4 Å². The average molecular weight is 623 g/mol. The van der Waals surface area contributed by atoms with E-state index < -0.39 is 34.8 Å². The molecule has 0 fully saturated rings. The van der Waals surface area contributed by atoms with Crippen LogP contribution >= 0.6 is 23.2 Å². The molecule has 10 nitrogen and oxygen atoms in total. The lowest BCUT2D eigenvalue weighted by molar-refractivity contribution is -0.118. The summed E-state index contributed by atoms with van der Waals surface area (Å²) in [7, 11) is 0. The number of nitrogens with one attached hydrogen (secondary N) is 2. The third kappa shape index (κ3) is 7.08. The smallest absolute Gasteiger partial charge is 0.434 e. The highest BCUT2D eigenvalue weighted by atomic mass is 35.5. The molecule has 1 atom stereocenters. The number of aromatic amines is 1. The van der Waals surface area contributed by atoms with Crippen LogP contribution in [0.5, 0.6) is 0 Å². The highest BCUT2D eigenvalue weighted by molar-refractivity contribution is 6.34. The summed E-state index contributed by atoms with van der Waals surface area (Å²) in [6.45, 7) is 7.13. The molecule has 1 unspecified atom stereocenters. The summed E-state index contributed by atoms with van der Waals surface area (Å²) in [5, 5.41) is 15.2. The first-order valence-electron chi connectivity index (χ1n) is 13.4. The Hall–Kier alpha value is -4.59. The number of ether oxygens (including phenoxy) is 1. The van der Waals surface area contributed by atoms with E-state index in [0.29, 0.717) is 45.1 Å². The number of carbonyl (C=O) groups is 2. The van der Waals surface area contributed by atoms with Crippen molar-refractivity contribution in [2.45, 2.75) is 52.2 Å². The molecule has 43 heavy (non-hydrogen) atoms. The lowest BCUT2D eigenvalue weighted by atomic mass is 10.0. The van der Waals surface area contributed by atoms with Crippen LogP contribution in [0.2, 0.25) is 10.0 Å². The molecule has 0 aliphatic heterocycles. The molecule has 2 aromatic heterocycles. The minimum atomic E-state index is -0.940. The monoisotopic (exact) mass is 621 g/mol. The van der Waals surface area contributed by atoms with Crippen molar-refractivity contribution in [2.24, 2.45) is 0 Å². The fourth-order valence-corrected chi connectivity index (χ4v) is 5.08. The molecule has 2 N–H and O–H groups in total. The van der Waals surface area contributed by atoms with Gasteiger partial charge in [0, 0.05) is 45.7 Å². The quantitative estimate of drug-likeness (QED) is 0.227. The second-order valence-corrected chi connectivity index (χ2v) is 11.4. The van der Waals surface area contributed by atoms with E-state index in [2.05, 4.69) is 16.5 Å². The minimum Gasteiger partial charge on any atom is -0.442 e. The Morgan fingerprint density at radius 2 is 1.77 bits per heavy atom. The van der Waals surface area contributed by atoms with Crippen molar-refractivity contribution >= 4 is 40.9 Å². The standard InChI is InChI=1S/C31H29Cl2N5O5/c1-5-12-31(3,4)43-30(42)38-26(15-27(39)36-38)19-7-10-22(11-8-19)35-29(41)18(2)37-17-25(33)24(14-28(37)40)23-13-21(32)9-6-20(23)16-34/h6-11,13-15,17-18H,5,12H2,1-4H3,(H,35,41)(H,36,39). The summed E-state index contributed by atoms with van der Waals surface area (Å²) in [6, 6.07) is 14.8. The number of H-pyrrole nitrogens is 1. The van der Waals surface area contributed by atoms with Gasteiger partial charge in [0.25, 0.3) is 11.1 Å². The number of nitrogens with zero attached hydrogens (tertiary/aromatic N) is 3. The number of nitriles is 1. The molecule has 0 aliphatic carbocycles. The minimum absolute atomic E-state index is 0.163. The number of hydrogen-bond acceptors (Lipinski definition) is 6. The Morgan fingerprint density at radius 3 is 2.42 bits per heavy atom. The molecule has 0 saturated carbocycles. The molecular weight excluding hydrogens is 593 g/mol. The van der Waals surface area contributed by atoms with Gasteiger partial charge in [-0.15, -0.1) is 0 Å². The number of anilines is 1. The molecule has 4 aromatic rings. The fourth-order valence-electron chi connectivity index (χ4n) is 4.65. The van der Waals surface area contributed by atoms with Crippen LogP contribution in [0.4, 0.5) is 10.5 Å². The Bertz CT molecular complexity index is 1850. The van der Waals surface area contributed by atoms with Gasteiger partial charge in [-0.05, 0) is 57.5 Å². The molecule has 2 aromatic carbocycles. The maximum Gasteiger partial charge on any atom is 0.434 e. The molecule has 0 radical (unpaired) electrons. The lowest BCUT2D eigenvalue weighted by Crippen LogP contribution is -2.31. The fraction of sp³-hybridized carbons (Fsp3) is 0.258. The summed E-state index contributed by atoms with van der Waals surface area (Å²) >= 11 is 12.6. The second kappa shape index (κ2) is 12.7. The number of benzene rings is 2. The van der Waals surface area contributed by atoms with Gasteiger partial charge in [-0.2, -0.15) is 9.94 Å². The highest BCUT2D eigenvalue weighted by Gasteiger charge is 2.25. The van der Waals surface area contributed by atoms with Crippen molar-refractivity contribution in [2.75, 3.05) is 5.32 Å². The van der Waals surface area contributed by atoms with Crippen molar-refractivity contribution < 1.29 is 14.3 Å². The predicted molar refractivity (Wildman–Crippen MR) is 166 cm³/mol. The van der Waals surface area contributed by atoms with Gasteiger partial charge < -0.3 is 14.6 Å². The van der Waals surface area contributed by atoms with Gasteiger partial charge in [-0.1, -0.05) is 48.7 Å². The van der Waals surface area contributed by atoms with Crippen LogP contribution in [0.1, 0.15) is 52.1 Å². The summed E-state index contributed by atoms with van der Waals surface area (Å²) in [4.78, 5) is 51.0. The lowest BCUT2D eigenvalue weighted by Gasteiger charge is -2.24. The summed E-state index contributed by atoms with van der Waals surface area (Å²) in [5.74, 6) is -0.487. The Labute approximate surface area is 257 Å². The number of amides is 1. The van der Waals surface area contributed by atoms with E-state index in [9.17, 15) is 24.4 Å². The van der Waals surface area contributed by atoms with Crippen molar-refractivity contribution in [1.82, 2.24) is 14.3 Å². The van der Waals surface area contributed by atoms with Gasteiger partial charge in [-0.3, -0.25) is 19.5 Å². The maximum absolute atomic E-state index is 13.1. The van der Waals surface area contributed by atoms with Crippen LogP contribution in [-0.2, 0) is 9.53 Å². The maximum atomic E-state index is 13.1. The van der Waals surface area contributed by atoms with E-state index in [-0.39, 0.29) is 5.02 Å². The number of halogens is 2. The van der Waals surface area contributed by atoms with E-state index in [1.54, 1.807) is 57.2 Å². The molecule has 12 heteroatoms. The molecule has 0 spiro atoms. The van der Waals surface area contributed by atoms with E-state index >= 15 is 0 Å². The molecule has 1 amide bonds. The zero-order valence-corrected chi connectivity index (χ0v) is 25.4. The third-order valence-corrected chi connectivity index (χ3v) is 7.33. The zero-order valence-electron chi connectivity index (χ0n) is 23.9. The van der Waals surface area contributed by atoms with E-state index in [1.165, 1.54) is 29.0 Å². The molecule has 4 rings (SSSR count). The number of pyridine rings is 1. The summed E-state index contributed by atoms with van der Waals surface area (Å²) in [5.41, 5.74) is 0.604. The Morgan fingerprint density at radius 1 is 1.07 bits per heavy atom. The number of rotatable bonds is 8. The normalized spacial score (nSPS) is 11.9. The summed E-state index contributed by atoms with van der Waals surface area (Å²) < 4.78 is 7.84. The zero-order chi connectivity index (χ0) is 31.5. The van der Waals surface area contributed by atoms with Crippen LogP contribution in [0.15, 0.2) is 70.4 Å². The van der Waals surface area contributed by atoms with Gasteiger partial charge in [0.15, 0.2) is 0 Å². The van der Waals surface area contributed by atoms with Gasteiger partial charge in [0.2, 0.25) is 5.91 Å². The third-order valence-electron chi connectivity index (χ3n) is 6.80. The molecule has 2 heterocycles. The van der Waals surface area contributed by atoms with E-state index in [4.69, 9.17) is 27.9 Å². The number of carbonyl (C=O) groups excluding carboxylic acids is 2. The second-order valence-electron chi connectivity index (χ2n) is 10.5. The first kappa shape index (κ1) is 31.3. The first-order chi connectivity index (χ1) is 20.3. The van der Waals surface area contributed by atoms with Gasteiger partial charge in [0.05, 0.1) is 22.3 Å². The molecule has 222 valence electrons. The van der Waals surface area contributed by atoms with Gasteiger partial charge in [0.1, 0.15) is 11.6 Å². The molecule has 0 bridgehead atoms. The van der Waals surface area contributed by atoms with Crippen LogP contribution in [0, 0.1) is 11.3 Å².